The Morgan fingerprint density at radius 1 is 1.20 bits per heavy atom. The molecule has 8 nitrogen and oxygen atoms in total. The second-order valence-electron chi connectivity index (χ2n) is 4.79. The summed E-state index contributed by atoms with van der Waals surface area (Å²) in [5.41, 5.74) is 16.7. The molecule has 0 aromatic carbocycles. The standard InChI is InChI=1S/C12H22N6O2/c13-17-15-10-11(16-18-14)6-2-1-4-8-19-12-7-3-5-9-20-12/h11-12H,1-10H2. The van der Waals surface area contributed by atoms with Crippen LogP contribution in [0.2, 0.25) is 0 Å². The summed E-state index contributed by atoms with van der Waals surface area (Å²) in [4.78, 5) is 5.44. The smallest absolute Gasteiger partial charge is 0.157 e. The molecule has 0 saturated carbocycles. The molecular weight excluding hydrogens is 260 g/mol. The highest BCUT2D eigenvalue weighted by Gasteiger charge is 2.13. The van der Waals surface area contributed by atoms with Gasteiger partial charge in [-0.05, 0) is 43.2 Å². The maximum Gasteiger partial charge on any atom is 0.157 e. The second kappa shape index (κ2) is 11.4. The third-order valence-corrected chi connectivity index (χ3v) is 3.19. The fourth-order valence-electron chi connectivity index (χ4n) is 2.11. The van der Waals surface area contributed by atoms with Crippen molar-refractivity contribution < 1.29 is 9.47 Å². The SMILES string of the molecule is [N-]=[N+]=NCC(CCCCCOC1CCCCO1)N=[N+]=[N-]. The van der Waals surface area contributed by atoms with Gasteiger partial charge < -0.3 is 9.47 Å². The van der Waals surface area contributed by atoms with Crippen molar-refractivity contribution in [3.63, 3.8) is 0 Å². The van der Waals surface area contributed by atoms with Crippen LogP contribution in [-0.2, 0) is 9.47 Å². The molecule has 20 heavy (non-hydrogen) atoms. The lowest BCUT2D eigenvalue weighted by atomic mass is 10.1. The zero-order valence-electron chi connectivity index (χ0n) is 11.7. The van der Waals surface area contributed by atoms with Crippen molar-refractivity contribution in [1.29, 1.82) is 0 Å². The third kappa shape index (κ3) is 7.86. The van der Waals surface area contributed by atoms with Crippen molar-refractivity contribution >= 4 is 0 Å². The molecule has 0 aromatic heterocycles. The van der Waals surface area contributed by atoms with Crippen LogP contribution in [-0.4, -0.2) is 32.1 Å². The lowest BCUT2D eigenvalue weighted by Gasteiger charge is -2.22. The summed E-state index contributed by atoms with van der Waals surface area (Å²) >= 11 is 0. The zero-order valence-corrected chi connectivity index (χ0v) is 11.7. The van der Waals surface area contributed by atoms with E-state index in [1.54, 1.807) is 0 Å². The van der Waals surface area contributed by atoms with Gasteiger partial charge in [-0.15, -0.1) is 0 Å². The van der Waals surface area contributed by atoms with Crippen molar-refractivity contribution in [3.05, 3.63) is 20.9 Å². The van der Waals surface area contributed by atoms with Crippen molar-refractivity contribution in [2.24, 2.45) is 10.2 Å². The summed E-state index contributed by atoms with van der Waals surface area (Å²) in [5, 5.41) is 7.06. The number of nitrogens with zero attached hydrogens (tertiary/aromatic N) is 6. The Morgan fingerprint density at radius 2 is 2.10 bits per heavy atom. The molecule has 0 radical (unpaired) electrons. The van der Waals surface area contributed by atoms with Gasteiger partial charge in [-0.3, -0.25) is 0 Å². The average molecular weight is 282 g/mol. The van der Waals surface area contributed by atoms with Crippen LogP contribution in [0.1, 0.15) is 44.9 Å². The Hall–Kier alpha value is -1.46. The van der Waals surface area contributed by atoms with Gasteiger partial charge in [-0.25, -0.2) is 0 Å². The molecule has 1 heterocycles. The minimum atomic E-state index is -0.238. The van der Waals surface area contributed by atoms with Gasteiger partial charge >= 0.3 is 0 Å². The molecule has 1 aliphatic rings. The normalized spacial score (nSPS) is 19.7. The van der Waals surface area contributed by atoms with E-state index in [2.05, 4.69) is 20.1 Å². The number of hydrogen-bond donors (Lipinski definition) is 0. The molecule has 0 bridgehead atoms. The Kier molecular flexibility index (Phi) is 9.44. The molecule has 0 spiro atoms. The van der Waals surface area contributed by atoms with Crippen molar-refractivity contribution in [1.82, 2.24) is 0 Å². The Bertz CT molecular complexity index is 346. The van der Waals surface area contributed by atoms with Crippen LogP contribution in [0.25, 0.3) is 20.9 Å². The summed E-state index contributed by atoms with van der Waals surface area (Å²) in [6.45, 7) is 1.73. The third-order valence-electron chi connectivity index (χ3n) is 3.19. The fourth-order valence-corrected chi connectivity index (χ4v) is 2.11. The van der Waals surface area contributed by atoms with Gasteiger partial charge in [0, 0.05) is 35.6 Å². The molecule has 1 aliphatic heterocycles. The monoisotopic (exact) mass is 282 g/mol. The fraction of sp³-hybridized carbons (Fsp3) is 1.00. The largest absolute Gasteiger partial charge is 0.353 e. The van der Waals surface area contributed by atoms with E-state index in [1.165, 1.54) is 6.42 Å². The highest BCUT2D eigenvalue weighted by atomic mass is 16.7. The summed E-state index contributed by atoms with van der Waals surface area (Å²) in [6.07, 6.45) is 6.91. The van der Waals surface area contributed by atoms with Crippen LogP contribution in [0.4, 0.5) is 0 Å². The Balaban J connectivity index is 2.01. The van der Waals surface area contributed by atoms with Crippen molar-refractivity contribution in [2.45, 2.75) is 57.3 Å². The maximum absolute atomic E-state index is 8.41. The van der Waals surface area contributed by atoms with Crippen LogP contribution < -0.4 is 0 Å². The van der Waals surface area contributed by atoms with Gasteiger partial charge in [0.05, 0.1) is 0 Å². The first-order valence-electron chi connectivity index (χ1n) is 7.15. The van der Waals surface area contributed by atoms with Crippen LogP contribution in [0.3, 0.4) is 0 Å². The molecule has 1 saturated heterocycles. The second-order valence-corrected chi connectivity index (χ2v) is 4.79. The Labute approximate surface area is 118 Å². The van der Waals surface area contributed by atoms with E-state index < -0.39 is 0 Å². The quantitative estimate of drug-likeness (QED) is 0.260. The number of ether oxygens (including phenoxy) is 2. The molecule has 0 N–H and O–H groups in total. The van der Waals surface area contributed by atoms with Gasteiger partial charge in [0.25, 0.3) is 0 Å². The number of azide groups is 2. The van der Waals surface area contributed by atoms with E-state index in [-0.39, 0.29) is 18.9 Å². The molecule has 0 aromatic rings. The van der Waals surface area contributed by atoms with E-state index >= 15 is 0 Å². The van der Waals surface area contributed by atoms with E-state index in [0.29, 0.717) is 6.61 Å². The van der Waals surface area contributed by atoms with E-state index in [9.17, 15) is 0 Å². The summed E-state index contributed by atoms with van der Waals surface area (Å²) < 4.78 is 11.1. The highest BCUT2D eigenvalue weighted by Crippen LogP contribution is 2.14. The first-order chi connectivity index (χ1) is 9.86. The first-order valence-corrected chi connectivity index (χ1v) is 7.15. The number of unbranched alkanes of at least 4 members (excludes halogenated alkanes) is 2. The Morgan fingerprint density at radius 3 is 2.80 bits per heavy atom. The van der Waals surface area contributed by atoms with Gasteiger partial charge in [0.1, 0.15) is 0 Å². The molecular formula is C12H22N6O2. The number of rotatable bonds is 10. The lowest BCUT2D eigenvalue weighted by molar-refractivity contribution is -0.162. The molecule has 1 rings (SSSR count). The van der Waals surface area contributed by atoms with E-state index in [1.807, 2.05) is 0 Å². The van der Waals surface area contributed by atoms with Crippen LogP contribution in [0, 0.1) is 0 Å². The van der Waals surface area contributed by atoms with E-state index in [4.69, 9.17) is 20.5 Å². The lowest BCUT2D eigenvalue weighted by Crippen LogP contribution is -2.22. The van der Waals surface area contributed by atoms with Gasteiger partial charge in [0.15, 0.2) is 6.29 Å². The summed E-state index contributed by atoms with van der Waals surface area (Å²) in [7, 11) is 0. The van der Waals surface area contributed by atoms with Gasteiger partial charge in [0.2, 0.25) is 0 Å². The highest BCUT2D eigenvalue weighted by molar-refractivity contribution is 4.70. The summed E-state index contributed by atoms with van der Waals surface area (Å²) in [5.74, 6) is 0. The topological polar surface area (TPSA) is 116 Å². The minimum Gasteiger partial charge on any atom is -0.353 e. The minimum absolute atomic E-state index is 0.0235. The molecule has 8 heteroatoms. The van der Waals surface area contributed by atoms with Crippen molar-refractivity contribution in [2.75, 3.05) is 19.8 Å². The summed E-state index contributed by atoms with van der Waals surface area (Å²) in [6, 6.07) is -0.238. The van der Waals surface area contributed by atoms with Gasteiger partial charge in [-0.2, -0.15) is 0 Å². The number of hydrogen-bond acceptors (Lipinski definition) is 4. The van der Waals surface area contributed by atoms with Crippen LogP contribution in [0.5, 0.6) is 0 Å². The van der Waals surface area contributed by atoms with Crippen LogP contribution in [0.15, 0.2) is 10.2 Å². The molecule has 0 amide bonds. The molecule has 2 unspecified atom stereocenters. The first kappa shape index (κ1) is 16.6. The van der Waals surface area contributed by atoms with Gasteiger partial charge in [-0.1, -0.05) is 23.1 Å². The molecule has 2 atom stereocenters. The maximum atomic E-state index is 8.41. The molecule has 0 aliphatic carbocycles. The van der Waals surface area contributed by atoms with E-state index in [0.717, 1.165) is 45.1 Å². The predicted molar refractivity (Wildman–Crippen MR) is 75.0 cm³/mol. The zero-order chi connectivity index (χ0) is 14.5. The molecule has 112 valence electrons. The van der Waals surface area contributed by atoms with Crippen LogP contribution >= 0.6 is 0 Å². The average Bonchev–Trinajstić information content (AvgIpc) is 2.49. The predicted octanol–water partition coefficient (Wildman–Crippen LogP) is 4.08. The molecule has 1 fully saturated rings. The van der Waals surface area contributed by atoms with Crippen molar-refractivity contribution in [3.8, 4) is 0 Å².